The number of hydrogen-bond acceptors (Lipinski definition) is 4. The molecule has 4 nitrogen and oxygen atoms in total. The smallest absolute Gasteiger partial charge is 0.286 e. The second kappa shape index (κ2) is 7.02. The van der Waals surface area contributed by atoms with Crippen molar-refractivity contribution < 1.29 is 18.6 Å². The summed E-state index contributed by atoms with van der Waals surface area (Å²) in [6.45, 7) is 5.63. The van der Waals surface area contributed by atoms with Crippen LogP contribution in [-0.4, -0.2) is 20.1 Å². The first-order chi connectivity index (χ1) is 8.60. The predicted octanol–water partition coefficient (Wildman–Crippen LogP) is 3.77. The van der Waals surface area contributed by atoms with Gasteiger partial charge < -0.3 is 13.8 Å². The van der Waals surface area contributed by atoms with Gasteiger partial charge in [0.2, 0.25) is 0 Å². The van der Waals surface area contributed by atoms with Crippen molar-refractivity contribution in [1.82, 2.24) is 0 Å². The summed E-state index contributed by atoms with van der Waals surface area (Å²) in [7, 11) is 0.460. The van der Waals surface area contributed by atoms with Crippen LogP contribution in [0.3, 0.4) is 0 Å². The largest absolute Gasteiger partial charge is 0.493 e. The van der Waals surface area contributed by atoms with E-state index in [0.29, 0.717) is 17.1 Å². The Morgan fingerprint density at radius 2 is 2.06 bits per heavy atom. The highest BCUT2D eigenvalue weighted by atomic mass is 31.2. The molecule has 1 aromatic carbocycles. The maximum atomic E-state index is 10.7. The molecule has 0 fully saturated rings. The summed E-state index contributed by atoms with van der Waals surface area (Å²) < 4.78 is 16.4. The molecule has 0 heterocycles. The van der Waals surface area contributed by atoms with Crippen molar-refractivity contribution in [3.63, 3.8) is 0 Å². The quantitative estimate of drug-likeness (QED) is 0.447. The molecule has 0 aromatic heterocycles. The number of aldehydes is 1. The fourth-order valence-corrected chi connectivity index (χ4v) is 2.22. The first kappa shape index (κ1) is 14.5. The van der Waals surface area contributed by atoms with Gasteiger partial charge in [-0.15, -0.1) is 0 Å². The van der Waals surface area contributed by atoms with Crippen LogP contribution in [0.25, 0.3) is 0 Å². The number of carbonyl (C=O) groups excluding carboxylic acids is 1. The van der Waals surface area contributed by atoms with E-state index in [1.54, 1.807) is 18.2 Å². The van der Waals surface area contributed by atoms with Crippen LogP contribution in [0.2, 0.25) is 0 Å². The van der Waals surface area contributed by atoms with Crippen molar-refractivity contribution in [1.29, 1.82) is 0 Å². The molecule has 0 saturated heterocycles. The van der Waals surface area contributed by atoms with Gasteiger partial charge in [-0.2, -0.15) is 0 Å². The molecule has 0 bridgehead atoms. The highest BCUT2D eigenvalue weighted by Crippen LogP contribution is 2.41. The molecule has 0 saturated carbocycles. The fraction of sp³-hybridized carbons (Fsp3) is 0.308. The van der Waals surface area contributed by atoms with Crippen LogP contribution >= 0.6 is 8.38 Å². The highest BCUT2D eigenvalue weighted by molar-refractivity contribution is 7.46. The minimum atomic E-state index is -1.07. The van der Waals surface area contributed by atoms with Crippen LogP contribution in [0.1, 0.15) is 24.2 Å². The highest BCUT2D eigenvalue weighted by Gasteiger charge is 2.12. The average molecular weight is 268 g/mol. The molecule has 0 amide bonds. The zero-order valence-corrected chi connectivity index (χ0v) is 11.9. The molecule has 1 aromatic rings. The Morgan fingerprint density at radius 3 is 2.61 bits per heavy atom. The SMILES string of the molecule is C/C=C(\C)OP(C)Oc1ccc(C=O)cc1OC. The lowest BCUT2D eigenvalue weighted by molar-refractivity contribution is 0.112. The monoisotopic (exact) mass is 268 g/mol. The second-order valence-corrected chi connectivity index (χ2v) is 4.79. The summed E-state index contributed by atoms with van der Waals surface area (Å²) in [5.74, 6) is 1.91. The van der Waals surface area contributed by atoms with E-state index in [-0.39, 0.29) is 0 Å². The molecule has 0 aliphatic heterocycles. The molecule has 0 spiro atoms. The maximum Gasteiger partial charge on any atom is 0.286 e. The number of methoxy groups -OCH3 is 1. The Morgan fingerprint density at radius 1 is 1.33 bits per heavy atom. The fourth-order valence-electron chi connectivity index (χ4n) is 1.25. The Hall–Kier alpha value is -1.54. The van der Waals surface area contributed by atoms with Crippen LogP contribution in [0, 0.1) is 0 Å². The summed E-state index contributed by atoms with van der Waals surface area (Å²) in [5.41, 5.74) is 0.546. The van der Waals surface area contributed by atoms with Gasteiger partial charge in [0.25, 0.3) is 8.38 Å². The Kier molecular flexibility index (Phi) is 5.66. The van der Waals surface area contributed by atoms with Crippen molar-refractivity contribution in [2.75, 3.05) is 13.8 Å². The first-order valence-electron chi connectivity index (χ1n) is 5.46. The predicted molar refractivity (Wildman–Crippen MR) is 72.4 cm³/mol. The van der Waals surface area contributed by atoms with Crippen LogP contribution in [-0.2, 0) is 4.52 Å². The van der Waals surface area contributed by atoms with Gasteiger partial charge in [0.15, 0.2) is 11.5 Å². The lowest BCUT2D eigenvalue weighted by Crippen LogP contribution is -1.94. The molecule has 98 valence electrons. The number of allylic oxidation sites excluding steroid dienone is 2. The number of benzene rings is 1. The molecule has 1 atom stereocenters. The van der Waals surface area contributed by atoms with Crippen molar-refractivity contribution in [2.45, 2.75) is 13.8 Å². The van der Waals surface area contributed by atoms with Gasteiger partial charge in [-0.25, -0.2) is 0 Å². The third-order valence-electron chi connectivity index (χ3n) is 2.23. The first-order valence-corrected chi connectivity index (χ1v) is 7.09. The van der Waals surface area contributed by atoms with Crippen LogP contribution < -0.4 is 9.26 Å². The third-order valence-corrected chi connectivity index (χ3v) is 3.23. The van der Waals surface area contributed by atoms with Gasteiger partial charge in [0.1, 0.15) is 6.29 Å². The van der Waals surface area contributed by atoms with E-state index in [1.165, 1.54) is 7.11 Å². The average Bonchev–Trinajstić information content (AvgIpc) is 2.38. The molecule has 0 aliphatic rings. The standard InChI is InChI=1S/C13H17O4P/c1-5-10(2)16-18(4)17-12-7-6-11(9-14)8-13(12)15-3/h5-9H,1-4H3/b10-5+. The topological polar surface area (TPSA) is 44.8 Å². The Labute approximate surface area is 108 Å². The summed E-state index contributed by atoms with van der Waals surface area (Å²) in [5, 5.41) is 0. The molecule has 0 N–H and O–H groups in total. The summed E-state index contributed by atoms with van der Waals surface area (Å²) >= 11 is 0. The summed E-state index contributed by atoms with van der Waals surface area (Å²) in [6.07, 6.45) is 2.64. The van der Waals surface area contributed by atoms with Crippen LogP contribution in [0.15, 0.2) is 30.0 Å². The van der Waals surface area contributed by atoms with Gasteiger partial charge in [-0.1, -0.05) is 0 Å². The van der Waals surface area contributed by atoms with E-state index in [1.807, 2.05) is 26.6 Å². The number of ether oxygens (including phenoxy) is 1. The Bertz CT molecular complexity index is 443. The Balaban J connectivity index is 2.80. The van der Waals surface area contributed by atoms with Crippen molar-refractivity contribution in [2.24, 2.45) is 0 Å². The molecule has 18 heavy (non-hydrogen) atoms. The van der Waals surface area contributed by atoms with Crippen molar-refractivity contribution >= 4 is 14.7 Å². The zero-order valence-electron chi connectivity index (χ0n) is 11.0. The minimum absolute atomic E-state index is 0.524. The minimum Gasteiger partial charge on any atom is -0.493 e. The number of hydrogen-bond donors (Lipinski definition) is 0. The van der Waals surface area contributed by atoms with Gasteiger partial charge in [-0.05, 0) is 38.1 Å². The molecule has 0 aliphatic carbocycles. The van der Waals surface area contributed by atoms with Crippen molar-refractivity contribution in [3.8, 4) is 11.5 Å². The third kappa shape index (κ3) is 4.04. The van der Waals surface area contributed by atoms with E-state index < -0.39 is 8.38 Å². The van der Waals surface area contributed by atoms with Gasteiger partial charge >= 0.3 is 0 Å². The van der Waals surface area contributed by atoms with E-state index >= 15 is 0 Å². The van der Waals surface area contributed by atoms with E-state index in [0.717, 1.165) is 12.0 Å². The molecular formula is C13H17O4P. The van der Waals surface area contributed by atoms with Crippen LogP contribution in [0.5, 0.6) is 11.5 Å². The van der Waals surface area contributed by atoms with Gasteiger partial charge in [0, 0.05) is 12.2 Å². The molecule has 1 rings (SSSR count). The number of rotatable bonds is 6. The van der Waals surface area contributed by atoms with Crippen LogP contribution in [0.4, 0.5) is 0 Å². The maximum absolute atomic E-state index is 10.7. The number of carbonyl (C=O) groups is 1. The molecule has 1 unspecified atom stereocenters. The summed E-state index contributed by atoms with van der Waals surface area (Å²) in [6, 6.07) is 5.01. The van der Waals surface area contributed by atoms with Gasteiger partial charge in [0.05, 0.1) is 12.9 Å². The van der Waals surface area contributed by atoms with Gasteiger partial charge in [-0.3, -0.25) is 4.79 Å². The molecule has 0 radical (unpaired) electrons. The molecular weight excluding hydrogens is 251 g/mol. The van der Waals surface area contributed by atoms with Crippen molar-refractivity contribution in [3.05, 3.63) is 35.6 Å². The lowest BCUT2D eigenvalue weighted by atomic mass is 10.2. The van der Waals surface area contributed by atoms with E-state index in [4.69, 9.17) is 13.8 Å². The van der Waals surface area contributed by atoms with E-state index in [9.17, 15) is 4.79 Å². The second-order valence-electron chi connectivity index (χ2n) is 3.55. The normalized spacial score (nSPS) is 12.8. The van der Waals surface area contributed by atoms with E-state index in [2.05, 4.69) is 0 Å². The summed E-state index contributed by atoms with van der Waals surface area (Å²) in [4.78, 5) is 10.7. The zero-order chi connectivity index (χ0) is 13.5. The lowest BCUT2D eigenvalue weighted by Gasteiger charge is -2.16. The molecule has 5 heteroatoms.